The van der Waals surface area contributed by atoms with Gasteiger partial charge in [-0.2, -0.15) is 5.10 Å². The monoisotopic (exact) mass is 454 g/mol. The number of hydrogen-bond acceptors (Lipinski definition) is 5. The average Bonchev–Trinajstić information content (AvgIpc) is 3.26. The zero-order chi connectivity index (χ0) is 22.9. The van der Waals surface area contributed by atoms with Crippen LogP contribution in [0.4, 0.5) is 10.8 Å². The highest BCUT2D eigenvalue weighted by molar-refractivity contribution is 7.22. The van der Waals surface area contributed by atoms with Crippen molar-refractivity contribution in [3.63, 3.8) is 0 Å². The van der Waals surface area contributed by atoms with Gasteiger partial charge in [0, 0.05) is 5.39 Å². The van der Waals surface area contributed by atoms with Crippen LogP contribution in [-0.2, 0) is 17.8 Å². The molecule has 6 nitrogen and oxygen atoms in total. The van der Waals surface area contributed by atoms with Crippen LogP contribution in [0.3, 0.4) is 0 Å². The molecule has 3 aromatic carbocycles. The van der Waals surface area contributed by atoms with Gasteiger partial charge in [-0.15, -0.1) is 0 Å². The van der Waals surface area contributed by atoms with Crippen LogP contribution >= 0.6 is 11.3 Å². The third-order valence-corrected chi connectivity index (χ3v) is 6.69. The van der Waals surface area contributed by atoms with Gasteiger partial charge < -0.3 is 0 Å². The lowest BCUT2D eigenvalue weighted by Crippen LogP contribution is -2.35. The van der Waals surface area contributed by atoms with E-state index in [4.69, 9.17) is 4.98 Å². The second kappa shape index (κ2) is 8.60. The molecule has 0 spiro atoms. The summed E-state index contributed by atoms with van der Waals surface area (Å²) in [6.45, 7) is 3.75. The quantitative estimate of drug-likeness (QED) is 0.364. The molecular weight excluding hydrogens is 432 g/mol. The van der Waals surface area contributed by atoms with Gasteiger partial charge in [0.15, 0.2) is 5.13 Å². The lowest BCUT2D eigenvalue weighted by Gasteiger charge is -2.21. The van der Waals surface area contributed by atoms with Crippen molar-refractivity contribution in [2.45, 2.75) is 26.8 Å². The highest BCUT2D eigenvalue weighted by atomic mass is 32.1. The molecule has 164 valence electrons. The lowest BCUT2D eigenvalue weighted by molar-refractivity contribution is -0.118. The third kappa shape index (κ3) is 3.91. The Kier molecular flexibility index (Phi) is 5.48. The van der Waals surface area contributed by atoms with Crippen LogP contribution in [0, 0.1) is 6.92 Å². The van der Waals surface area contributed by atoms with Gasteiger partial charge in [-0.25, -0.2) is 9.67 Å². The number of fused-ring (bicyclic) bond motifs is 2. The number of thiazole rings is 1. The molecule has 2 aromatic heterocycles. The van der Waals surface area contributed by atoms with E-state index in [0.29, 0.717) is 21.9 Å². The first kappa shape index (κ1) is 21.0. The molecule has 0 atom stereocenters. The fourth-order valence-electron chi connectivity index (χ4n) is 3.91. The smallest absolute Gasteiger partial charge is 0.272 e. The van der Waals surface area contributed by atoms with E-state index in [1.807, 2.05) is 73.7 Å². The van der Waals surface area contributed by atoms with Crippen LogP contribution in [0.1, 0.15) is 18.2 Å². The number of benzene rings is 3. The molecule has 0 unspecified atom stereocenters. The van der Waals surface area contributed by atoms with E-state index in [-0.39, 0.29) is 18.0 Å². The molecule has 0 N–H and O–H groups in total. The van der Waals surface area contributed by atoms with Crippen LogP contribution in [0.2, 0.25) is 0 Å². The van der Waals surface area contributed by atoms with Gasteiger partial charge in [0.1, 0.15) is 6.54 Å². The van der Waals surface area contributed by atoms with Crippen LogP contribution in [0.15, 0.2) is 77.6 Å². The van der Waals surface area contributed by atoms with Crippen LogP contribution < -0.4 is 10.5 Å². The first-order valence-electron chi connectivity index (χ1n) is 10.8. The molecular formula is C26H22N4O2S. The summed E-state index contributed by atoms with van der Waals surface area (Å²) in [6, 6.07) is 23.0. The second-order valence-electron chi connectivity index (χ2n) is 7.81. The van der Waals surface area contributed by atoms with Gasteiger partial charge in [-0.3, -0.25) is 14.5 Å². The van der Waals surface area contributed by atoms with E-state index in [9.17, 15) is 9.59 Å². The summed E-state index contributed by atoms with van der Waals surface area (Å²) in [4.78, 5) is 33.0. The molecule has 5 aromatic rings. The average molecular weight is 455 g/mol. The Bertz CT molecular complexity index is 1500. The molecule has 0 radical (unpaired) electrons. The Morgan fingerprint density at radius 2 is 1.67 bits per heavy atom. The minimum absolute atomic E-state index is 0.185. The Labute approximate surface area is 194 Å². The molecule has 33 heavy (non-hydrogen) atoms. The maximum absolute atomic E-state index is 13.6. The SMILES string of the molecule is CCc1ccc(N(C(=O)Cn2nc(C)c3ccccc3c2=O)c2nc3ccccc3s2)cc1. The van der Waals surface area contributed by atoms with E-state index in [1.165, 1.54) is 21.6 Å². The molecule has 7 heteroatoms. The van der Waals surface area contributed by atoms with Gasteiger partial charge >= 0.3 is 0 Å². The van der Waals surface area contributed by atoms with Crippen molar-refractivity contribution in [3.05, 3.63) is 94.4 Å². The summed E-state index contributed by atoms with van der Waals surface area (Å²) in [7, 11) is 0. The normalized spacial score (nSPS) is 11.2. The van der Waals surface area contributed by atoms with Crippen LogP contribution in [-0.4, -0.2) is 20.7 Å². The molecule has 5 rings (SSSR count). The van der Waals surface area contributed by atoms with Crippen molar-refractivity contribution in [3.8, 4) is 0 Å². The van der Waals surface area contributed by atoms with E-state index in [1.54, 1.807) is 11.0 Å². The fourth-order valence-corrected chi connectivity index (χ4v) is 4.91. The summed E-state index contributed by atoms with van der Waals surface area (Å²) in [5.41, 5.74) is 3.14. The van der Waals surface area contributed by atoms with Crippen molar-refractivity contribution < 1.29 is 4.79 Å². The van der Waals surface area contributed by atoms with Crippen molar-refractivity contribution >= 4 is 49.1 Å². The van der Waals surface area contributed by atoms with Gasteiger partial charge in [-0.1, -0.05) is 60.7 Å². The number of amides is 1. The summed E-state index contributed by atoms with van der Waals surface area (Å²) < 4.78 is 2.24. The number of para-hydroxylation sites is 1. The van der Waals surface area contributed by atoms with Gasteiger partial charge in [-0.05, 0) is 49.2 Å². The van der Waals surface area contributed by atoms with Crippen molar-refractivity contribution in [2.24, 2.45) is 0 Å². The maximum Gasteiger partial charge on any atom is 0.275 e. The molecule has 1 amide bonds. The highest BCUT2D eigenvalue weighted by Crippen LogP contribution is 2.33. The molecule has 0 bridgehead atoms. The number of nitrogens with zero attached hydrogens (tertiary/aromatic N) is 4. The number of carbonyl (C=O) groups excluding carboxylic acids is 1. The zero-order valence-corrected chi connectivity index (χ0v) is 19.2. The summed E-state index contributed by atoms with van der Waals surface area (Å²) in [5.74, 6) is -0.275. The molecule has 0 saturated carbocycles. The minimum Gasteiger partial charge on any atom is -0.272 e. The van der Waals surface area contributed by atoms with Crippen LogP contribution in [0.25, 0.3) is 21.0 Å². The van der Waals surface area contributed by atoms with E-state index in [2.05, 4.69) is 12.0 Å². The number of hydrogen-bond donors (Lipinski definition) is 0. The van der Waals surface area contributed by atoms with Gasteiger partial charge in [0.25, 0.3) is 11.5 Å². The number of anilines is 2. The van der Waals surface area contributed by atoms with Crippen molar-refractivity contribution in [1.29, 1.82) is 0 Å². The Hall–Kier alpha value is -3.84. The predicted octanol–water partition coefficient (Wildman–Crippen LogP) is 5.24. The molecule has 0 fully saturated rings. The Balaban J connectivity index is 1.59. The summed E-state index contributed by atoms with van der Waals surface area (Å²) in [5, 5.41) is 6.33. The maximum atomic E-state index is 13.6. The minimum atomic E-state index is -0.282. The van der Waals surface area contributed by atoms with Gasteiger partial charge in [0.05, 0.1) is 27.0 Å². The second-order valence-corrected chi connectivity index (χ2v) is 8.82. The van der Waals surface area contributed by atoms with Crippen LogP contribution in [0.5, 0.6) is 0 Å². The summed E-state index contributed by atoms with van der Waals surface area (Å²) >= 11 is 1.45. The van der Waals surface area contributed by atoms with E-state index in [0.717, 1.165) is 22.0 Å². The Morgan fingerprint density at radius 3 is 2.39 bits per heavy atom. The molecule has 2 heterocycles. The highest BCUT2D eigenvalue weighted by Gasteiger charge is 2.23. The fraction of sp³-hybridized carbons (Fsp3) is 0.154. The largest absolute Gasteiger partial charge is 0.275 e. The third-order valence-electron chi connectivity index (χ3n) is 5.66. The molecule has 0 aliphatic rings. The molecule has 0 saturated heterocycles. The topological polar surface area (TPSA) is 68.1 Å². The standard InChI is InChI=1S/C26H22N4O2S/c1-3-18-12-14-19(15-13-18)30(26-27-22-10-6-7-11-23(22)33-26)24(31)16-29-25(32)21-9-5-4-8-20(21)17(2)28-29/h4-15H,3,16H2,1-2H3. The Morgan fingerprint density at radius 1 is 0.970 bits per heavy atom. The lowest BCUT2D eigenvalue weighted by atomic mass is 10.1. The number of rotatable bonds is 5. The van der Waals surface area contributed by atoms with Gasteiger partial charge in [0.2, 0.25) is 0 Å². The van der Waals surface area contributed by atoms with E-state index < -0.39 is 0 Å². The molecule has 0 aliphatic heterocycles. The number of aromatic nitrogens is 3. The summed E-state index contributed by atoms with van der Waals surface area (Å²) in [6.07, 6.45) is 0.908. The number of carbonyl (C=O) groups is 1. The first-order valence-corrected chi connectivity index (χ1v) is 11.6. The van der Waals surface area contributed by atoms with Crippen molar-refractivity contribution in [1.82, 2.24) is 14.8 Å². The zero-order valence-electron chi connectivity index (χ0n) is 18.4. The van der Waals surface area contributed by atoms with E-state index >= 15 is 0 Å². The molecule has 0 aliphatic carbocycles. The predicted molar refractivity (Wildman–Crippen MR) is 133 cm³/mol. The van der Waals surface area contributed by atoms with Crippen molar-refractivity contribution in [2.75, 3.05) is 4.90 Å². The first-order chi connectivity index (χ1) is 16.0. The number of aryl methyl sites for hydroxylation is 2.